The van der Waals surface area contributed by atoms with Crippen molar-refractivity contribution in [1.29, 1.82) is 0 Å². The Morgan fingerprint density at radius 2 is 2.00 bits per heavy atom. The third kappa shape index (κ3) is 2.36. The van der Waals surface area contributed by atoms with Gasteiger partial charge in [0.1, 0.15) is 5.82 Å². The summed E-state index contributed by atoms with van der Waals surface area (Å²) in [5.41, 5.74) is 0.768. The van der Waals surface area contributed by atoms with Crippen LogP contribution in [-0.2, 0) is 0 Å². The van der Waals surface area contributed by atoms with Crippen LogP contribution in [0.4, 0.5) is 4.39 Å². The van der Waals surface area contributed by atoms with E-state index >= 15 is 0 Å². The van der Waals surface area contributed by atoms with E-state index in [1.807, 2.05) is 12.1 Å². The first kappa shape index (κ1) is 11.4. The number of hydrogen-bond donors (Lipinski definition) is 0. The summed E-state index contributed by atoms with van der Waals surface area (Å²) < 4.78 is 14.4. The lowest BCUT2D eigenvalue weighted by molar-refractivity contribution is 0.435. The van der Waals surface area contributed by atoms with Gasteiger partial charge in [0.25, 0.3) is 0 Å². The molecular weight excluding hydrogens is 278 g/mol. The average molecular weight is 292 g/mol. The van der Waals surface area contributed by atoms with Crippen LogP contribution in [0.15, 0.2) is 22.7 Å². The van der Waals surface area contributed by atoms with E-state index in [9.17, 15) is 4.39 Å². The lowest BCUT2D eigenvalue weighted by Crippen LogP contribution is -2.18. The zero-order chi connectivity index (χ0) is 10.8. The van der Waals surface area contributed by atoms with Crippen molar-refractivity contribution < 1.29 is 4.39 Å². The molecule has 0 aliphatic heterocycles. The minimum Gasteiger partial charge on any atom is -0.205 e. The molecule has 2 atom stereocenters. The van der Waals surface area contributed by atoms with Crippen LogP contribution in [0.5, 0.6) is 0 Å². The fourth-order valence-corrected chi connectivity index (χ4v) is 3.04. The monoisotopic (exact) mass is 290 g/mol. The van der Waals surface area contributed by atoms with E-state index < -0.39 is 0 Å². The van der Waals surface area contributed by atoms with Gasteiger partial charge in [-0.3, -0.25) is 0 Å². The summed E-state index contributed by atoms with van der Waals surface area (Å²) in [5, 5.41) is 0.0857. The molecule has 2 unspecified atom stereocenters. The highest BCUT2D eigenvalue weighted by molar-refractivity contribution is 9.10. The molecule has 0 heterocycles. The fourth-order valence-electron chi connectivity index (χ4n) is 2.24. The van der Waals surface area contributed by atoms with Gasteiger partial charge >= 0.3 is 0 Å². The molecule has 0 amide bonds. The molecule has 0 saturated heterocycles. The quantitative estimate of drug-likeness (QED) is 0.649. The molecule has 1 aliphatic rings. The van der Waals surface area contributed by atoms with Crippen molar-refractivity contribution in [2.45, 2.75) is 37.0 Å². The molecule has 3 heteroatoms. The van der Waals surface area contributed by atoms with Gasteiger partial charge < -0.3 is 0 Å². The van der Waals surface area contributed by atoms with Crippen LogP contribution in [0.3, 0.4) is 0 Å². The standard InChI is InChI=1S/C12H13BrClF/c13-10-6-3-5-9(12(10)15)8-4-1-2-7-11(8)14/h3,5-6,8,11H,1-2,4,7H2. The number of rotatable bonds is 1. The second-order valence-electron chi connectivity index (χ2n) is 4.05. The number of hydrogen-bond acceptors (Lipinski definition) is 0. The minimum atomic E-state index is -0.143. The summed E-state index contributed by atoms with van der Waals surface area (Å²) in [7, 11) is 0. The van der Waals surface area contributed by atoms with Crippen molar-refractivity contribution in [3.05, 3.63) is 34.1 Å². The van der Waals surface area contributed by atoms with E-state index in [0.717, 1.165) is 24.8 Å². The Bertz CT molecular complexity index is 353. The molecule has 0 aromatic heterocycles. The Morgan fingerprint density at radius 1 is 1.27 bits per heavy atom. The van der Waals surface area contributed by atoms with Crippen LogP contribution in [0.25, 0.3) is 0 Å². The van der Waals surface area contributed by atoms with Crippen molar-refractivity contribution in [2.75, 3.05) is 0 Å². The third-order valence-corrected chi connectivity index (χ3v) is 4.20. The van der Waals surface area contributed by atoms with Crippen molar-refractivity contribution >= 4 is 27.5 Å². The SMILES string of the molecule is Fc1c(Br)cccc1C1CCCCC1Cl. The van der Waals surface area contributed by atoms with Gasteiger partial charge in [0, 0.05) is 11.3 Å². The molecule has 0 nitrogen and oxygen atoms in total. The molecule has 1 aromatic carbocycles. The van der Waals surface area contributed by atoms with Gasteiger partial charge in [0.15, 0.2) is 0 Å². The largest absolute Gasteiger partial charge is 0.205 e. The average Bonchev–Trinajstić information content (AvgIpc) is 2.23. The number of benzene rings is 1. The molecule has 1 aromatic rings. The molecule has 2 rings (SSSR count). The van der Waals surface area contributed by atoms with Gasteiger partial charge in [-0.2, -0.15) is 0 Å². The van der Waals surface area contributed by atoms with Gasteiger partial charge in [-0.1, -0.05) is 25.0 Å². The molecular formula is C12H13BrClF. The lowest BCUT2D eigenvalue weighted by Gasteiger charge is -2.27. The van der Waals surface area contributed by atoms with Gasteiger partial charge in [0.05, 0.1) is 4.47 Å². The van der Waals surface area contributed by atoms with E-state index in [1.54, 1.807) is 6.07 Å². The zero-order valence-corrected chi connectivity index (χ0v) is 10.7. The van der Waals surface area contributed by atoms with E-state index in [2.05, 4.69) is 15.9 Å². The normalized spacial score (nSPS) is 26.6. The smallest absolute Gasteiger partial charge is 0.140 e. The van der Waals surface area contributed by atoms with Crippen molar-refractivity contribution in [2.24, 2.45) is 0 Å². The summed E-state index contributed by atoms with van der Waals surface area (Å²) >= 11 is 9.47. The summed E-state index contributed by atoms with van der Waals surface area (Å²) in [6.45, 7) is 0. The number of halogens is 3. The van der Waals surface area contributed by atoms with Gasteiger partial charge in [-0.15, -0.1) is 11.6 Å². The van der Waals surface area contributed by atoms with Crippen LogP contribution in [0.2, 0.25) is 0 Å². The maximum atomic E-state index is 13.9. The molecule has 1 fully saturated rings. The van der Waals surface area contributed by atoms with Gasteiger partial charge in [0.2, 0.25) is 0 Å². The van der Waals surface area contributed by atoms with E-state index in [0.29, 0.717) is 4.47 Å². The Hall–Kier alpha value is -0.0800. The molecule has 82 valence electrons. The second-order valence-corrected chi connectivity index (χ2v) is 5.46. The summed E-state index contributed by atoms with van der Waals surface area (Å²) in [6.07, 6.45) is 4.32. The second kappa shape index (κ2) is 4.84. The Morgan fingerprint density at radius 3 is 2.73 bits per heavy atom. The highest BCUT2D eigenvalue weighted by atomic mass is 79.9. The van der Waals surface area contributed by atoms with Crippen LogP contribution >= 0.6 is 27.5 Å². The maximum Gasteiger partial charge on any atom is 0.140 e. The number of alkyl halides is 1. The Balaban J connectivity index is 2.31. The Labute approximate surface area is 103 Å². The van der Waals surface area contributed by atoms with Crippen LogP contribution in [-0.4, -0.2) is 5.38 Å². The zero-order valence-electron chi connectivity index (χ0n) is 8.35. The van der Waals surface area contributed by atoms with E-state index in [4.69, 9.17) is 11.6 Å². The van der Waals surface area contributed by atoms with Crippen LogP contribution in [0, 0.1) is 5.82 Å². The fraction of sp³-hybridized carbons (Fsp3) is 0.500. The van der Waals surface area contributed by atoms with Crippen molar-refractivity contribution in [3.63, 3.8) is 0 Å². The first-order chi connectivity index (χ1) is 7.20. The highest BCUT2D eigenvalue weighted by Crippen LogP contribution is 2.38. The minimum absolute atomic E-state index is 0.0857. The summed E-state index contributed by atoms with van der Waals surface area (Å²) in [5.74, 6) is 0.0352. The lowest BCUT2D eigenvalue weighted by atomic mass is 9.83. The summed E-state index contributed by atoms with van der Waals surface area (Å²) in [4.78, 5) is 0. The first-order valence-electron chi connectivity index (χ1n) is 5.28. The first-order valence-corrected chi connectivity index (χ1v) is 6.51. The van der Waals surface area contributed by atoms with Crippen molar-refractivity contribution in [1.82, 2.24) is 0 Å². The molecule has 1 saturated carbocycles. The van der Waals surface area contributed by atoms with Gasteiger partial charge in [-0.25, -0.2) is 4.39 Å². The van der Waals surface area contributed by atoms with E-state index in [-0.39, 0.29) is 17.1 Å². The molecule has 0 spiro atoms. The molecule has 15 heavy (non-hydrogen) atoms. The molecule has 0 radical (unpaired) electrons. The van der Waals surface area contributed by atoms with E-state index in [1.165, 1.54) is 6.42 Å². The third-order valence-electron chi connectivity index (χ3n) is 3.06. The topological polar surface area (TPSA) is 0 Å². The summed E-state index contributed by atoms with van der Waals surface area (Å²) in [6, 6.07) is 5.46. The predicted octanol–water partition coefficient (Wildman–Crippen LogP) is 4.85. The highest BCUT2D eigenvalue weighted by Gasteiger charge is 2.27. The predicted molar refractivity (Wildman–Crippen MR) is 65.0 cm³/mol. The van der Waals surface area contributed by atoms with Crippen molar-refractivity contribution in [3.8, 4) is 0 Å². The Kier molecular flexibility index (Phi) is 3.68. The molecule has 0 N–H and O–H groups in total. The van der Waals surface area contributed by atoms with Crippen LogP contribution < -0.4 is 0 Å². The van der Waals surface area contributed by atoms with Gasteiger partial charge in [-0.05, 0) is 40.4 Å². The van der Waals surface area contributed by atoms with Crippen LogP contribution in [0.1, 0.15) is 37.2 Å². The maximum absolute atomic E-state index is 13.9. The molecule has 0 bridgehead atoms. The molecule has 1 aliphatic carbocycles.